The Morgan fingerprint density at radius 3 is 1.43 bits per heavy atom. The number of likely N-dealkylation sites (N-methyl/N-ethyl adjacent to an activating group) is 1. The summed E-state index contributed by atoms with van der Waals surface area (Å²) in [5.74, 6) is 0. The molecule has 142 valence electrons. The van der Waals surface area contributed by atoms with Crippen LogP contribution in [0.25, 0.3) is 0 Å². The van der Waals surface area contributed by atoms with Gasteiger partial charge in [0.2, 0.25) is 0 Å². The lowest BCUT2D eigenvalue weighted by molar-refractivity contribution is -0.181. The Labute approximate surface area is 129 Å². The first-order valence-corrected chi connectivity index (χ1v) is 7.80. The van der Waals surface area contributed by atoms with Gasteiger partial charge in [0.15, 0.2) is 0 Å². The molecular formula is C10H21F6N2O4P. The molecule has 0 spiro atoms. The minimum Gasteiger partial charge on any atom is -0.313 e. The zero-order valence-corrected chi connectivity index (χ0v) is 13.6. The highest BCUT2D eigenvalue weighted by molar-refractivity contribution is 7.45. The van der Waals surface area contributed by atoms with Crippen LogP contribution in [0.1, 0.15) is 26.7 Å². The topological polar surface area (TPSA) is 102 Å². The lowest BCUT2D eigenvalue weighted by Gasteiger charge is -2.36. The van der Waals surface area contributed by atoms with Crippen LogP contribution in [0.15, 0.2) is 0 Å². The Balaban J connectivity index is 0. The molecule has 0 aromatic rings. The Hall–Kier alpha value is -0.390. The van der Waals surface area contributed by atoms with Crippen molar-refractivity contribution in [2.75, 3.05) is 13.6 Å². The van der Waals surface area contributed by atoms with Gasteiger partial charge in [-0.05, 0) is 7.05 Å². The molecule has 0 saturated carbocycles. The predicted molar refractivity (Wildman–Crippen MR) is 70.5 cm³/mol. The Bertz CT molecular complexity index is 358. The van der Waals surface area contributed by atoms with E-state index in [4.69, 9.17) is 19.2 Å². The van der Waals surface area contributed by atoms with Crippen LogP contribution >= 0.6 is 7.82 Å². The summed E-state index contributed by atoms with van der Waals surface area (Å²) >= 11 is 0. The molecule has 6 nitrogen and oxygen atoms in total. The number of alkyl halides is 6. The van der Waals surface area contributed by atoms with Crippen molar-refractivity contribution in [1.82, 2.24) is 10.6 Å². The van der Waals surface area contributed by atoms with Crippen LogP contribution in [-0.2, 0) is 4.57 Å². The number of halogens is 6. The average molecular weight is 378 g/mol. The van der Waals surface area contributed by atoms with Gasteiger partial charge < -0.3 is 25.3 Å². The molecule has 0 heterocycles. The van der Waals surface area contributed by atoms with Crippen LogP contribution < -0.4 is 10.6 Å². The van der Waals surface area contributed by atoms with E-state index in [1.807, 2.05) is 0 Å². The molecule has 0 fully saturated rings. The van der Waals surface area contributed by atoms with Gasteiger partial charge in [-0.15, -0.1) is 0 Å². The lowest BCUT2D eigenvalue weighted by Crippen LogP contribution is -2.56. The fourth-order valence-corrected chi connectivity index (χ4v) is 1.62. The van der Waals surface area contributed by atoms with E-state index in [1.54, 1.807) is 13.8 Å². The number of hydrogen-bond acceptors (Lipinski definition) is 3. The minimum absolute atomic E-state index is 0.195. The molecule has 0 rings (SSSR count). The quantitative estimate of drug-likeness (QED) is 0.358. The first-order chi connectivity index (χ1) is 9.89. The molecule has 0 aliphatic rings. The molecule has 0 aliphatic heterocycles. The van der Waals surface area contributed by atoms with Crippen molar-refractivity contribution in [2.45, 2.75) is 50.6 Å². The second-order valence-corrected chi connectivity index (χ2v) is 6.19. The van der Waals surface area contributed by atoms with Gasteiger partial charge in [-0.3, -0.25) is 0 Å². The minimum atomic E-state index is -4.66. The Morgan fingerprint density at radius 1 is 0.957 bits per heavy atom. The standard InChI is InChI=1S/C10H18F6N2.H3O4P/c1-7(2)18-6-8(17-3,4-9(11,12)13)5-10(14,15)16;1-5(2,3)4/h7,17-18H,4-6H2,1-3H3;(H3,1,2,3,4). The Kier molecular flexibility index (Phi) is 9.93. The molecule has 0 aromatic heterocycles. The number of nitrogens with one attached hydrogen (secondary N) is 2. The van der Waals surface area contributed by atoms with Gasteiger partial charge in [0.1, 0.15) is 0 Å². The van der Waals surface area contributed by atoms with Crippen molar-refractivity contribution < 1.29 is 45.6 Å². The normalized spacial score (nSPS) is 13.8. The molecule has 0 saturated heterocycles. The van der Waals surface area contributed by atoms with Crippen molar-refractivity contribution >= 4 is 7.82 Å². The third-order valence-electron chi connectivity index (χ3n) is 2.46. The second kappa shape index (κ2) is 9.19. The van der Waals surface area contributed by atoms with E-state index >= 15 is 0 Å². The monoisotopic (exact) mass is 378 g/mol. The summed E-state index contributed by atoms with van der Waals surface area (Å²) in [7, 11) is -3.53. The number of hydrogen-bond donors (Lipinski definition) is 5. The molecule has 0 bridgehead atoms. The van der Waals surface area contributed by atoms with Gasteiger partial charge in [-0.2, -0.15) is 26.3 Å². The lowest BCUT2D eigenvalue weighted by atomic mass is 9.90. The maximum Gasteiger partial charge on any atom is 0.466 e. The first-order valence-electron chi connectivity index (χ1n) is 6.23. The zero-order valence-electron chi connectivity index (χ0n) is 12.7. The zero-order chi connectivity index (χ0) is 19.1. The van der Waals surface area contributed by atoms with Gasteiger partial charge in [0.25, 0.3) is 0 Å². The fourth-order valence-electron chi connectivity index (χ4n) is 1.62. The summed E-state index contributed by atoms with van der Waals surface area (Å²) in [5.41, 5.74) is -2.07. The summed E-state index contributed by atoms with van der Waals surface area (Å²) in [5, 5.41) is 4.80. The Morgan fingerprint density at radius 2 is 1.26 bits per heavy atom. The molecule has 23 heavy (non-hydrogen) atoms. The van der Waals surface area contributed by atoms with Crippen LogP contribution in [-0.4, -0.2) is 52.2 Å². The highest BCUT2D eigenvalue weighted by atomic mass is 31.2. The smallest absolute Gasteiger partial charge is 0.313 e. The summed E-state index contributed by atoms with van der Waals surface area (Å²) in [6.45, 7) is 2.91. The van der Waals surface area contributed by atoms with Crippen LogP contribution in [0.2, 0.25) is 0 Å². The van der Waals surface area contributed by atoms with E-state index < -0.39 is 45.1 Å². The fraction of sp³-hybridized carbons (Fsp3) is 1.00. The molecule has 0 amide bonds. The number of rotatable bonds is 6. The van der Waals surface area contributed by atoms with E-state index in [-0.39, 0.29) is 6.04 Å². The summed E-state index contributed by atoms with van der Waals surface area (Å²) in [4.78, 5) is 21.6. The maximum absolute atomic E-state index is 12.4. The van der Waals surface area contributed by atoms with E-state index in [0.717, 1.165) is 7.05 Å². The molecular weight excluding hydrogens is 357 g/mol. The van der Waals surface area contributed by atoms with Gasteiger partial charge in [-0.1, -0.05) is 13.8 Å². The van der Waals surface area contributed by atoms with E-state index in [0.29, 0.717) is 0 Å². The van der Waals surface area contributed by atoms with Crippen LogP contribution in [0.4, 0.5) is 26.3 Å². The number of phosphoric acid groups is 1. The first kappa shape index (κ1) is 24.9. The SMILES string of the molecule is CNC(CNC(C)C)(CC(F)(F)F)CC(F)(F)F.O=P(O)(O)O. The van der Waals surface area contributed by atoms with Gasteiger partial charge in [0.05, 0.1) is 12.8 Å². The highest BCUT2D eigenvalue weighted by Crippen LogP contribution is 2.35. The largest absolute Gasteiger partial charge is 0.466 e. The van der Waals surface area contributed by atoms with Crippen molar-refractivity contribution in [1.29, 1.82) is 0 Å². The summed E-state index contributed by atoms with van der Waals surface area (Å²) < 4.78 is 83.3. The van der Waals surface area contributed by atoms with Gasteiger partial charge in [0, 0.05) is 18.1 Å². The molecule has 0 atom stereocenters. The molecule has 13 heteroatoms. The third-order valence-corrected chi connectivity index (χ3v) is 2.46. The maximum atomic E-state index is 12.4. The van der Waals surface area contributed by atoms with E-state index in [1.165, 1.54) is 0 Å². The highest BCUT2D eigenvalue weighted by Gasteiger charge is 2.48. The van der Waals surface area contributed by atoms with Crippen molar-refractivity contribution in [3.05, 3.63) is 0 Å². The van der Waals surface area contributed by atoms with Crippen LogP contribution in [0.5, 0.6) is 0 Å². The average Bonchev–Trinajstić information content (AvgIpc) is 2.19. The summed E-state index contributed by atoms with van der Waals surface area (Å²) in [6, 6.07) is -0.195. The predicted octanol–water partition coefficient (Wildman–Crippen LogP) is 1.92. The van der Waals surface area contributed by atoms with Crippen molar-refractivity contribution in [2.24, 2.45) is 0 Å². The molecule has 5 N–H and O–H groups in total. The van der Waals surface area contributed by atoms with Crippen molar-refractivity contribution in [3.63, 3.8) is 0 Å². The van der Waals surface area contributed by atoms with Crippen LogP contribution in [0, 0.1) is 0 Å². The second-order valence-electron chi connectivity index (χ2n) is 5.16. The van der Waals surface area contributed by atoms with E-state index in [9.17, 15) is 26.3 Å². The van der Waals surface area contributed by atoms with Crippen molar-refractivity contribution in [3.8, 4) is 0 Å². The molecule has 0 unspecified atom stereocenters. The molecule has 0 aliphatic carbocycles. The van der Waals surface area contributed by atoms with Crippen LogP contribution in [0.3, 0.4) is 0 Å². The molecule has 0 aromatic carbocycles. The summed E-state index contributed by atoms with van der Waals surface area (Å²) in [6.07, 6.45) is -12.4. The third kappa shape index (κ3) is 19.6. The van der Waals surface area contributed by atoms with Gasteiger partial charge in [-0.25, -0.2) is 4.57 Å². The van der Waals surface area contributed by atoms with E-state index in [2.05, 4.69) is 10.6 Å². The van der Waals surface area contributed by atoms with Gasteiger partial charge >= 0.3 is 20.2 Å². The molecule has 0 radical (unpaired) electrons.